The van der Waals surface area contributed by atoms with E-state index in [4.69, 9.17) is 14.6 Å². The first-order valence-electron chi connectivity index (χ1n) is 9.61. The van der Waals surface area contributed by atoms with Crippen LogP contribution in [0.4, 0.5) is 0 Å². The molecule has 0 radical (unpaired) electrons. The van der Waals surface area contributed by atoms with Gasteiger partial charge in [-0.3, -0.25) is 9.59 Å². The molecule has 7 heteroatoms. The van der Waals surface area contributed by atoms with Gasteiger partial charge >= 0.3 is 0 Å². The van der Waals surface area contributed by atoms with Gasteiger partial charge in [0.2, 0.25) is 5.91 Å². The van der Waals surface area contributed by atoms with E-state index in [0.717, 1.165) is 46.1 Å². The normalized spacial score (nSPS) is 14.9. The maximum absolute atomic E-state index is 12.5. The van der Waals surface area contributed by atoms with Crippen molar-refractivity contribution in [1.82, 2.24) is 5.43 Å². The summed E-state index contributed by atoms with van der Waals surface area (Å²) in [5.74, 6) is 0.0214. The Morgan fingerprint density at radius 2 is 1.97 bits per heavy atom. The van der Waals surface area contributed by atoms with Crippen LogP contribution in [0.5, 0.6) is 0 Å². The number of carbonyl (C=O) groups excluding carboxylic acids is 2. The predicted octanol–water partition coefficient (Wildman–Crippen LogP) is 3.45. The molecule has 7 nitrogen and oxygen atoms in total. The number of carbonyl (C=O) groups is 2. The number of furan rings is 2. The molecule has 3 N–H and O–H groups in total. The van der Waals surface area contributed by atoms with Crippen molar-refractivity contribution in [1.29, 1.82) is 0 Å². The van der Waals surface area contributed by atoms with E-state index in [0.29, 0.717) is 23.5 Å². The Morgan fingerprint density at radius 1 is 1.17 bits per heavy atom. The highest BCUT2D eigenvalue weighted by Crippen LogP contribution is 2.30. The van der Waals surface area contributed by atoms with Crippen LogP contribution in [0.1, 0.15) is 57.0 Å². The van der Waals surface area contributed by atoms with Gasteiger partial charge in [-0.1, -0.05) is 12.1 Å². The number of rotatable bonds is 4. The van der Waals surface area contributed by atoms with Gasteiger partial charge in [-0.25, -0.2) is 5.43 Å². The van der Waals surface area contributed by atoms with Gasteiger partial charge in [0.1, 0.15) is 11.3 Å². The first-order chi connectivity index (χ1) is 13.9. The maximum Gasteiger partial charge on any atom is 0.284 e. The van der Waals surface area contributed by atoms with Gasteiger partial charge in [0, 0.05) is 28.5 Å². The highest BCUT2D eigenvalue weighted by atomic mass is 16.4. The number of hydrazone groups is 1. The van der Waals surface area contributed by atoms with Crippen LogP contribution in [-0.4, -0.2) is 17.5 Å². The van der Waals surface area contributed by atoms with Crippen LogP contribution in [0.25, 0.3) is 11.0 Å². The number of aryl methyl sites for hydroxylation is 3. The van der Waals surface area contributed by atoms with Gasteiger partial charge in [0.25, 0.3) is 5.91 Å². The second-order valence-corrected chi connectivity index (χ2v) is 7.49. The molecule has 0 spiro atoms. The van der Waals surface area contributed by atoms with Crippen LogP contribution in [0.15, 0.2) is 32.3 Å². The summed E-state index contributed by atoms with van der Waals surface area (Å²) < 4.78 is 11.3. The molecule has 1 aliphatic carbocycles. The molecular formula is C22H23N3O4. The smallest absolute Gasteiger partial charge is 0.284 e. The lowest BCUT2D eigenvalue weighted by Gasteiger charge is -2.13. The van der Waals surface area contributed by atoms with Crippen LogP contribution >= 0.6 is 0 Å². The fourth-order valence-corrected chi connectivity index (χ4v) is 3.88. The number of fused-ring (bicyclic) bond motifs is 2. The lowest BCUT2D eigenvalue weighted by Crippen LogP contribution is -2.23. The summed E-state index contributed by atoms with van der Waals surface area (Å²) in [7, 11) is 0. The van der Waals surface area contributed by atoms with Crippen molar-refractivity contribution < 1.29 is 18.4 Å². The molecule has 3 aromatic rings. The molecule has 2 heterocycles. The second-order valence-electron chi connectivity index (χ2n) is 7.49. The topological polar surface area (TPSA) is 111 Å². The summed E-state index contributed by atoms with van der Waals surface area (Å²) in [5.41, 5.74) is 14.0. The minimum atomic E-state index is -0.599. The highest BCUT2D eigenvalue weighted by Gasteiger charge is 2.27. The van der Waals surface area contributed by atoms with Gasteiger partial charge in [0.05, 0.1) is 18.4 Å². The minimum Gasteiger partial charge on any atom is -0.464 e. The van der Waals surface area contributed by atoms with Crippen molar-refractivity contribution >= 4 is 28.5 Å². The third kappa shape index (κ3) is 3.33. The first kappa shape index (κ1) is 19.0. The van der Waals surface area contributed by atoms with E-state index in [9.17, 15) is 9.59 Å². The van der Waals surface area contributed by atoms with Crippen LogP contribution in [0.3, 0.4) is 0 Å². The van der Waals surface area contributed by atoms with E-state index in [1.807, 2.05) is 26.0 Å². The van der Waals surface area contributed by atoms with Gasteiger partial charge in [-0.15, -0.1) is 0 Å². The number of nitrogens with two attached hydrogens (primary N) is 1. The molecule has 0 fully saturated rings. The fourth-order valence-electron chi connectivity index (χ4n) is 3.88. The molecule has 2 aromatic heterocycles. The van der Waals surface area contributed by atoms with Crippen molar-refractivity contribution in [2.24, 2.45) is 10.8 Å². The highest BCUT2D eigenvalue weighted by molar-refractivity contribution is 6.06. The quantitative estimate of drug-likeness (QED) is 0.661. The zero-order valence-electron chi connectivity index (χ0n) is 16.7. The zero-order valence-corrected chi connectivity index (χ0v) is 16.7. The van der Waals surface area contributed by atoms with Gasteiger partial charge < -0.3 is 14.6 Å². The minimum absolute atomic E-state index is 0.159. The number of nitrogens with zero attached hydrogens (tertiary/aromatic N) is 1. The lowest BCUT2D eigenvalue weighted by molar-refractivity contribution is -0.120. The number of hydrogen-bond acceptors (Lipinski definition) is 5. The van der Waals surface area contributed by atoms with Gasteiger partial charge in [0.15, 0.2) is 5.76 Å². The Morgan fingerprint density at radius 3 is 2.72 bits per heavy atom. The number of nitrogens with one attached hydrogen (secondary N) is 1. The standard InChI is InChI=1S/C22H23N3O4/c1-11-7-8-15-14(10-28-20(15)12(11)2)9-18(26)25-24-16-5-4-6-17-19(16)13(3)21(29-17)22(23)27/h7-8,10H,4-6,9H2,1-3H3,(H2,23,27)(H,25,26)/b24-16+. The van der Waals surface area contributed by atoms with Crippen LogP contribution in [-0.2, 0) is 17.6 Å². The molecule has 4 rings (SSSR count). The average Bonchev–Trinajstić information content (AvgIpc) is 3.25. The number of amides is 2. The van der Waals surface area contributed by atoms with E-state index in [1.54, 1.807) is 13.2 Å². The van der Waals surface area contributed by atoms with Crippen molar-refractivity contribution in [3.05, 3.63) is 57.7 Å². The van der Waals surface area contributed by atoms with E-state index < -0.39 is 5.91 Å². The average molecular weight is 393 g/mol. The van der Waals surface area contributed by atoms with E-state index in [-0.39, 0.29) is 18.1 Å². The molecule has 0 saturated heterocycles. The largest absolute Gasteiger partial charge is 0.464 e. The summed E-state index contributed by atoms with van der Waals surface area (Å²) in [5, 5.41) is 5.26. The Labute approximate surface area is 167 Å². The van der Waals surface area contributed by atoms with Crippen LogP contribution in [0, 0.1) is 20.8 Å². The van der Waals surface area contributed by atoms with Crippen molar-refractivity contribution in [2.75, 3.05) is 0 Å². The van der Waals surface area contributed by atoms with Crippen LogP contribution in [0.2, 0.25) is 0 Å². The number of hydrogen-bond donors (Lipinski definition) is 2. The van der Waals surface area contributed by atoms with Crippen LogP contribution < -0.4 is 11.2 Å². The summed E-state index contributed by atoms with van der Waals surface area (Å²) in [6, 6.07) is 4.00. The Hall–Kier alpha value is -3.35. The molecule has 29 heavy (non-hydrogen) atoms. The first-order valence-corrected chi connectivity index (χ1v) is 9.61. The Kier molecular flexibility index (Phi) is 4.74. The number of primary amides is 1. The number of benzene rings is 1. The van der Waals surface area contributed by atoms with Crippen molar-refractivity contribution in [2.45, 2.75) is 46.5 Å². The van der Waals surface area contributed by atoms with E-state index in [2.05, 4.69) is 10.5 Å². The molecule has 0 aliphatic heterocycles. The molecule has 0 atom stereocenters. The Bertz CT molecular complexity index is 1170. The lowest BCUT2D eigenvalue weighted by atomic mass is 9.93. The van der Waals surface area contributed by atoms with E-state index in [1.165, 1.54) is 0 Å². The predicted molar refractivity (Wildman–Crippen MR) is 109 cm³/mol. The monoisotopic (exact) mass is 393 g/mol. The van der Waals surface area contributed by atoms with Crippen molar-refractivity contribution in [3.63, 3.8) is 0 Å². The van der Waals surface area contributed by atoms with E-state index >= 15 is 0 Å². The molecule has 2 amide bonds. The molecular weight excluding hydrogens is 370 g/mol. The molecule has 1 aliphatic rings. The molecule has 0 bridgehead atoms. The van der Waals surface area contributed by atoms with Gasteiger partial charge in [-0.05, 0) is 44.7 Å². The Balaban J connectivity index is 1.55. The summed E-state index contributed by atoms with van der Waals surface area (Å²) in [6.07, 6.45) is 4.03. The third-order valence-corrected chi connectivity index (χ3v) is 5.56. The zero-order chi connectivity index (χ0) is 20.7. The molecule has 150 valence electrons. The summed E-state index contributed by atoms with van der Waals surface area (Å²) >= 11 is 0. The summed E-state index contributed by atoms with van der Waals surface area (Å²) in [6.45, 7) is 5.82. The summed E-state index contributed by atoms with van der Waals surface area (Å²) in [4.78, 5) is 24.1. The molecule has 0 unspecified atom stereocenters. The second kappa shape index (κ2) is 7.24. The third-order valence-electron chi connectivity index (χ3n) is 5.56. The fraction of sp³-hybridized carbons (Fsp3) is 0.318. The molecule has 1 aromatic carbocycles. The maximum atomic E-state index is 12.5. The SMILES string of the molecule is Cc1ccc2c(CC(=O)N/N=C3\CCCc4oc(C(N)=O)c(C)c43)coc2c1C. The van der Waals surface area contributed by atoms with Crippen molar-refractivity contribution in [3.8, 4) is 0 Å². The van der Waals surface area contributed by atoms with Gasteiger partial charge in [-0.2, -0.15) is 5.10 Å². The molecule has 0 saturated carbocycles.